The van der Waals surface area contributed by atoms with E-state index in [1.165, 1.54) is 6.07 Å². The molecule has 0 aliphatic carbocycles. The first-order chi connectivity index (χ1) is 9.40. The highest BCUT2D eigenvalue weighted by Gasteiger charge is 2.19. The summed E-state index contributed by atoms with van der Waals surface area (Å²) in [5, 5.41) is 0. The third-order valence-corrected chi connectivity index (χ3v) is 4.36. The molecule has 0 saturated heterocycles. The molecule has 0 fully saturated rings. The Morgan fingerprint density at radius 2 is 2.05 bits per heavy atom. The van der Waals surface area contributed by atoms with Crippen molar-refractivity contribution in [3.8, 4) is 5.75 Å². The molecule has 0 atom stereocenters. The Bertz CT molecular complexity index is 532. The van der Waals surface area contributed by atoms with Gasteiger partial charge in [-0.15, -0.1) is 0 Å². The van der Waals surface area contributed by atoms with E-state index < -0.39 is 10.0 Å². The van der Waals surface area contributed by atoms with Crippen molar-refractivity contribution in [2.24, 2.45) is 0 Å². The molecule has 0 saturated carbocycles. The summed E-state index contributed by atoms with van der Waals surface area (Å²) >= 11 is 0. The van der Waals surface area contributed by atoms with Crippen LogP contribution in [-0.2, 0) is 10.0 Å². The molecule has 0 heterocycles. The average Bonchev–Trinajstić information content (AvgIpc) is 2.40. The Kier molecular flexibility index (Phi) is 6.25. The summed E-state index contributed by atoms with van der Waals surface area (Å²) in [6, 6.07) is 4.61. The van der Waals surface area contributed by atoms with Gasteiger partial charge in [0.2, 0.25) is 10.0 Å². The van der Waals surface area contributed by atoms with E-state index in [4.69, 9.17) is 10.5 Å². The fourth-order valence-corrected chi connectivity index (χ4v) is 2.81. The number of hydrogen-bond donors (Lipinski definition) is 2. The third-order valence-electron chi connectivity index (χ3n) is 2.88. The summed E-state index contributed by atoms with van der Waals surface area (Å²) in [6.45, 7) is 6.06. The second-order valence-electron chi connectivity index (χ2n) is 4.43. The van der Waals surface area contributed by atoms with Crippen molar-refractivity contribution in [1.29, 1.82) is 0 Å². The van der Waals surface area contributed by atoms with E-state index in [-0.39, 0.29) is 4.90 Å². The van der Waals surface area contributed by atoms with Crippen molar-refractivity contribution in [2.75, 3.05) is 39.0 Å². The van der Waals surface area contributed by atoms with Gasteiger partial charge in [-0.05, 0) is 38.7 Å². The van der Waals surface area contributed by atoms with Crippen LogP contribution < -0.4 is 15.2 Å². The zero-order chi connectivity index (χ0) is 15.2. The number of nitrogens with one attached hydrogen (secondary N) is 1. The number of nitrogens with two attached hydrogens (primary N) is 1. The minimum atomic E-state index is -3.62. The monoisotopic (exact) mass is 301 g/mol. The molecule has 0 unspecified atom stereocenters. The first-order valence-corrected chi connectivity index (χ1v) is 8.09. The predicted molar refractivity (Wildman–Crippen MR) is 80.4 cm³/mol. The van der Waals surface area contributed by atoms with Crippen LogP contribution in [0.1, 0.15) is 13.8 Å². The molecule has 0 spiro atoms. The summed E-state index contributed by atoms with van der Waals surface area (Å²) in [7, 11) is -1.69. The van der Waals surface area contributed by atoms with E-state index in [2.05, 4.69) is 4.72 Å². The fourth-order valence-electron chi connectivity index (χ4n) is 1.62. The maximum absolute atomic E-state index is 12.3. The molecular formula is C13H23N3O3S. The van der Waals surface area contributed by atoms with Gasteiger partial charge in [0.1, 0.15) is 10.6 Å². The lowest BCUT2D eigenvalue weighted by Crippen LogP contribution is -2.33. The second kappa shape index (κ2) is 7.47. The first kappa shape index (κ1) is 16.7. The molecule has 114 valence electrons. The molecular weight excluding hydrogens is 278 g/mol. The maximum atomic E-state index is 12.3. The number of rotatable bonds is 8. The highest BCUT2D eigenvalue weighted by atomic mass is 32.2. The van der Waals surface area contributed by atoms with Crippen LogP contribution in [0.4, 0.5) is 5.69 Å². The number of nitrogen functional groups attached to an aromatic ring is 1. The van der Waals surface area contributed by atoms with Crippen LogP contribution in [-0.4, -0.2) is 46.6 Å². The highest BCUT2D eigenvalue weighted by Crippen LogP contribution is 2.25. The van der Waals surface area contributed by atoms with E-state index in [0.717, 1.165) is 6.54 Å². The van der Waals surface area contributed by atoms with Crippen LogP contribution in [0.25, 0.3) is 0 Å². The van der Waals surface area contributed by atoms with Crippen molar-refractivity contribution in [1.82, 2.24) is 9.62 Å². The van der Waals surface area contributed by atoms with Gasteiger partial charge in [0, 0.05) is 18.8 Å². The quantitative estimate of drug-likeness (QED) is 0.697. The Labute approximate surface area is 121 Å². The van der Waals surface area contributed by atoms with Crippen LogP contribution >= 0.6 is 0 Å². The molecule has 0 aromatic heterocycles. The molecule has 1 rings (SSSR count). The second-order valence-corrected chi connectivity index (χ2v) is 6.17. The van der Waals surface area contributed by atoms with Crippen LogP contribution in [0.15, 0.2) is 23.1 Å². The summed E-state index contributed by atoms with van der Waals surface area (Å²) < 4.78 is 32.5. The first-order valence-electron chi connectivity index (χ1n) is 6.61. The van der Waals surface area contributed by atoms with E-state index >= 15 is 0 Å². The number of likely N-dealkylation sites (N-methyl/N-ethyl adjacent to an activating group) is 1. The number of nitrogens with zero attached hydrogens (tertiary/aromatic N) is 1. The SMILES string of the molecule is CCOc1ccc(N)cc1S(=O)(=O)NCCN(C)CC. The van der Waals surface area contributed by atoms with Gasteiger partial charge in [0.25, 0.3) is 0 Å². The number of sulfonamides is 1. The van der Waals surface area contributed by atoms with E-state index in [0.29, 0.717) is 31.1 Å². The van der Waals surface area contributed by atoms with Gasteiger partial charge in [-0.25, -0.2) is 13.1 Å². The predicted octanol–water partition coefficient (Wildman–Crippen LogP) is 0.898. The molecule has 1 aromatic rings. The molecule has 0 bridgehead atoms. The zero-order valence-electron chi connectivity index (χ0n) is 12.2. The molecule has 0 amide bonds. The van der Waals surface area contributed by atoms with Gasteiger partial charge in [0.15, 0.2) is 0 Å². The topological polar surface area (TPSA) is 84.7 Å². The van der Waals surface area contributed by atoms with Crippen molar-refractivity contribution in [3.05, 3.63) is 18.2 Å². The van der Waals surface area contributed by atoms with Gasteiger partial charge < -0.3 is 15.4 Å². The van der Waals surface area contributed by atoms with Gasteiger partial charge in [0.05, 0.1) is 6.61 Å². The van der Waals surface area contributed by atoms with Gasteiger partial charge in [-0.2, -0.15) is 0 Å². The van der Waals surface area contributed by atoms with Crippen LogP contribution in [0.3, 0.4) is 0 Å². The van der Waals surface area contributed by atoms with E-state index in [1.54, 1.807) is 19.1 Å². The van der Waals surface area contributed by atoms with Crippen LogP contribution in [0, 0.1) is 0 Å². The molecule has 0 aliphatic rings. The van der Waals surface area contributed by atoms with Crippen LogP contribution in [0.5, 0.6) is 5.75 Å². The summed E-state index contributed by atoms with van der Waals surface area (Å²) in [6.07, 6.45) is 0. The maximum Gasteiger partial charge on any atom is 0.244 e. The molecule has 3 N–H and O–H groups in total. The Morgan fingerprint density at radius 3 is 2.65 bits per heavy atom. The lowest BCUT2D eigenvalue weighted by atomic mass is 10.3. The molecule has 0 aliphatic heterocycles. The third kappa shape index (κ3) is 4.66. The largest absolute Gasteiger partial charge is 0.492 e. The van der Waals surface area contributed by atoms with Crippen molar-refractivity contribution in [2.45, 2.75) is 18.7 Å². The zero-order valence-corrected chi connectivity index (χ0v) is 13.0. The number of ether oxygens (including phenoxy) is 1. The summed E-state index contributed by atoms with van der Waals surface area (Å²) in [5.41, 5.74) is 6.05. The Morgan fingerprint density at radius 1 is 1.35 bits per heavy atom. The molecule has 0 radical (unpaired) electrons. The fraction of sp³-hybridized carbons (Fsp3) is 0.538. The Balaban J connectivity index is 2.88. The molecule has 6 nitrogen and oxygen atoms in total. The number of benzene rings is 1. The van der Waals surface area contributed by atoms with Crippen molar-refractivity contribution < 1.29 is 13.2 Å². The average molecular weight is 301 g/mol. The standard InChI is InChI=1S/C13H23N3O3S/c1-4-16(3)9-8-15-20(17,18)13-10-11(14)6-7-12(13)19-5-2/h6-7,10,15H,4-5,8-9,14H2,1-3H3. The van der Waals surface area contributed by atoms with E-state index in [1.807, 2.05) is 18.9 Å². The molecule has 1 aromatic carbocycles. The minimum absolute atomic E-state index is 0.0819. The lowest BCUT2D eigenvalue weighted by Gasteiger charge is -2.15. The van der Waals surface area contributed by atoms with Gasteiger partial charge in [-0.1, -0.05) is 6.92 Å². The van der Waals surface area contributed by atoms with Crippen molar-refractivity contribution in [3.63, 3.8) is 0 Å². The Hall–Kier alpha value is -1.31. The van der Waals surface area contributed by atoms with Crippen LogP contribution in [0.2, 0.25) is 0 Å². The number of hydrogen-bond acceptors (Lipinski definition) is 5. The summed E-state index contributed by atoms with van der Waals surface area (Å²) in [5.74, 6) is 0.318. The normalized spacial score (nSPS) is 11.8. The highest BCUT2D eigenvalue weighted by molar-refractivity contribution is 7.89. The summed E-state index contributed by atoms with van der Waals surface area (Å²) in [4.78, 5) is 2.10. The molecule has 20 heavy (non-hydrogen) atoms. The van der Waals surface area contributed by atoms with Crippen molar-refractivity contribution >= 4 is 15.7 Å². The van der Waals surface area contributed by atoms with E-state index in [9.17, 15) is 8.42 Å². The smallest absolute Gasteiger partial charge is 0.244 e. The number of anilines is 1. The minimum Gasteiger partial charge on any atom is -0.492 e. The molecule has 7 heteroatoms. The van der Waals surface area contributed by atoms with Gasteiger partial charge >= 0.3 is 0 Å². The van der Waals surface area contributed by atoms with Gasteiger partial charge in [-0.3, -0.25) is 0 Å². The lowest BCUT2D eigenvalue weighted by molar-refractivity contribution is 0.330.